The van der Waals surface area contributed by atoms with Crippen molar-refractivity contribution < 1.29 is 8.42 Å². The van der Waals surface area contributed by atoms with E-state index in [1.54, 1.807) is 0 Å². The highest BCUT2D eigenvalue weighted by Gasteiger charge is 2.24. The molecule has 2 fully saturated rings. The molecule has 5 nitrogen and oxygen atoms in total. The Hall–Kier alpha value is -0.170. The van der Waals surface area contributed by atoms with Crippen LogP contribution in [-0.4, -0.2) is 63.2 Å². The second-order valence-electron chi connectivity index (χ2n) is 7.01. The molecule has 0 aromatic carbocycles. The topological polar surface area (TPSA) is 66.6 Å². The Labute approximate surface area is 129 Å². The van der Waals surface area contributed by atoms with E-state index in [2.05, 4.69) is 16.7 Å². The van der Waals surface area contributed by atoms with E-state index in [-0.39, 0.29) is 5.75 Å². The Balaban J connectivity index is 1.68. The third-order valence-corrected chi connectivity index (χ3v) is 5.76. The van der Waals surface area contributed by atoms with Gasteiger partial charge < -0.3 is 9.80 Å². The van der Waals surface area contributed by atoms with Crippen LogP contribution < -0.4 is 5.14 Å². The van der Waals surface area contributed by atoms with Crippen molar-refractivity contribution in [2.45, 2.75) is 39.0 Å². The van der Waals surface area contributed by atoms with Gasteiger partial charge in [0.05, 0.1) is 5.75 Å². The first-order valence-electron chi connectivity index (χ1n) is 8.37. The monoisotopic (exact) mass is 317 g/mol. The van der Waals surface area contributed by atoms with E-state index in [0.29, 0.717) is 6.42 Å². The molecule has 2 aliphatic rings. The van der Waals surface area contributed by atoms with Crippen molar-refractivity contribution in [3.05, 3.63) is 0 Å². The minimum Gasteiger partial charge on any atom is -0.303 e. The average Bonchev–Trinajstić information content (AvgIpc) is 2.40. The van der Waals surface area contributed by atoms with E-state index >= 15 is 0 Å². The summed E-state index contributed by atoms with van der Waals surface area (Å²) in [4.78, 5) is 5.05. The Morgan fingerprint density at radius 3 is 2.48 bits per heavy atom. The molecule has 2 saturated heterocycles. The third-order valence-electron chi connectivity index (χ3n) is 4.90. The van der Waals surface area contributed by atoms with Gasteiger partial charge in [0.2, 0.25) is 10.0 Å². The summed E-state index contributed by atoms with van der Waals surface area (Å²) < 4.78 is 22.0. The smallest absolute Gasteiger partial charge is 0.209 e. The summed E-state index contributed by atoms with van der Waals surface area (Å²) in [6.07, 6.45) is 5.89. The van der Waals surface area contributed by atoms with Gasteiger partial charge in [0.25, 0.3) is 0 Å². The number of piperidine rings is 2. The second kappa shape index (κ2) is 7.90. The van der Waals surface area contributed by atoms with Crippen molar-refractivity contribution in [1.82, 2.24) is 9.80 Å². The molecule has 0 amide bonds. The highest BCUT2D eigenvalue weighted by molar-refractivity contribution is 7.89. The van der Waals surface area contributed by atoms with E-state index in [4.69, 9.17) is 5.14 Å². The molecule has 0 bridgehead atoms. The van der Waals surface area contributed by atoms with Crippen molar-refractivity contribution >= 4 is 10.0 Å². The van der Waals surface area contributed by atoms with Crippen LogP contribution >= 0.6 is 0 Å². The molecular formula is C15H31N3O2S. The van der Waals surface area contributed by atoms with E-state index in [1.807, 2.05) is 0 Å². The molecule has 0 spiro atoms. The zero-order valence-electron chi connectivity index (χ0n) is 13.3. The third kappa shape index (κ3) is 6.63. The Morgan fingerprint density at radius 2 is 1.81 bits per heavy atom. The number of rotatable bonds is 6. The molecule has 6 heteroatoms. The van der Waals surface area contributed by atoms with Gasteiger partial charge in [-0.25, -0.2) is 13.6 Å². The summed E-state index contributed by atoms with van der Waals surface area (Å²) >= 11 is 0. The van der Waals surface area contributed by atoms with Crippen LogP contribution in [0.25, 0.3) is 0 Å². The van der Waals surface area contributed by atoms with Crippen LogP contribution in [0.1, 0.15) is 39.0 Å². The van der Waals surface area contributed by atoms with Gasteiger partial charge >= 0.3 is 0 Å². The molecule has 0 saturated carbocycles. The quantitative estimate of drug-likeness (QED) is 0.797. The summed E-state index contributed by atoms with van der Waals surface area (Å²) in [6, 6.07) is 0. The number of likely N-dealkylation sites (tertiary alicyclic amines) is 2. The molecule has 0 radical (unpaired) electrons. The highest BCUT2D eigenvalue weighted by atomic mass is 32.2. The molecule has 1 atom stereocenters. The lowest BCUT2D eigenvalue weighted by Gasteiger charge is -2.37. The summed E-state index contributed by atoms with van der Waals surface area (Å²) in [5, 5.41) is 5.06. The molecule has 0 unspecified atom stereocenters. The number of primary sulfonamides is 1. The molecular weight excluding hydrogens is 286 g/mol. The Morgan fingerprint density at radius 1 is 1.10 bits per heavy atom. The van der Waals surface area contributed by atoms with Gasteiger partial charge in [-0.15, -0.1) is 0 Å². The van der Waals surface area contributed by atoms with Gasteiger partial charge in [0.15, 0.2) is 0 Å². The molecule has 124 valence electrons. The molecule has 0 aromatic heterocycles. The average molecular weight is 317 g/mol. The maximum absolute atomic E-state index is 11.0. The number of nitrogens with two attached hydrogens (primary N) is 1. The number of hydrogen-bond donors (Lipinski definition) is 1. The normalized spacial score (nSPS) is 27.0. The van der Waals surface area contributed by atoms with Crippen LogP contribution in [0.4, 0.5) is 0 Å². The van der Waals surface area contributed by atoms with E-state index in [0.717, 1.165) is 31.5 Å². The van der Waals surface area contributed by atoms with Gasteiger partial charge in [-0.2, -0.15) is 0 Å². The highest BCUT2D eigenvalue weighted by Crippen LogP contribution is 2.21. The molecule has 2 N–H and O–H groups in total. The largest absolute Gasteiger partial charge is 0.303 e. The Kier molecular flexibility index (Phi) is 6.47. The summed E-state index contributed by atoms with van der Waals surface area (Å²) in [5.74, 6) is 1.75. The second-order valence-corrected chi connectivity index (χ2v) is 8.75. The zero-order chi connectivity index (χ0) is 15.3. The molecule has 0 aromatic rings. The van der Waals surface area contributed by atoms with Gasteiger partial charge in [-0.05, 0) is 70.1 Å². The number of sulfonamides is 1. The van der Waals surface area contributed by atoms with Crippen molar-refractivity contribution in [3.8, 4) is 0 Å². The van der Waals surface area contributed by atoms with Crippen molar-refractivity contribution in [3.63, 3.8) is 0 Å². The molecule has 0 aliphatic carbocycles. The van der Waals surface area contributed by atoms with Crippen molar-refractivity contribution in [2.24, 2.45) is 17.0 Å². The summed E-state index contributed by atoms with van der Waals surface area (Å²) in [5.41, 5.74) is 0. The SMILES string of the molecule is CC1CCN(C[C@@H]2CCCN(CCCS(N)(=O)=O)C2)CC1. The van der Waals surface area contributed by atoms with E-state index in [1.165, 1.54) is 45.3 Å². The Bertz CT molecular complexity index is 405. The first-order chi connectivity index (χ1) is 9.92. The van der Waals surface area contributed by atoms with Crippen LogP contribution in [0.5, 0.6) is 0 Å². The maximum atomic E-state index is 11.0. The fourth-order valence-electron chi connectivity index (χ4n) is 3.60. The first-order valence-corrected chi connectivity index (χ1v) is 10.1. The van der Waals surface area contributed by atoms with Crippen molar-refractivity contribution in [1.29, 1.82) is 0 Å². The minimum atomic E-state index is -3.30. The van der Waals surface area contributed by atoms with Crippen molar-refractivity contribution in [2.75, 3.05) is 45.0 Å². The predicted molar refractivity (Wildman–Crippen MR) is 86.6 cm³/mol. The molecule has 2 heterocycles. The van der Waals surface area contributed by atoms with Gasteiger partial charge in [0, 0.05) is 13.1 Å². The van der Waals surface area contributed by atoms with Gasteiger partial charge in [-0.1, -0.05) is 6.92 Å². The fraction of sp³-hybridized carbons (Fsp3) is 1.00. The number of hydrogen-bond acceptors (Lipinski definition) is 4. The predicted octanol–water partition coefficient (Wildman–Crippen LogP) is 1.11. The van der Waals surface area contributed by atoms with Crippen LogP contribution in [-0.2, 0) is 10.0 Å². The number of nitrogens with zero attached hydrogens (tertiary/aromatic N) is 2. The van der Waals surface area contributed by atoms with Crippen LogP contribution in [0.15, 0.2) is 0 Å². The van der Waals surface area contributed by atoms with Gasteiger partial charge in [0.1, 0.15) is 0 Å². The summed E-state index contributed by atoms with van der Waals surface area (Å²) in [6.45, 7) is 9.18. The van der Waals surface area contributed by atoms with Gasteiger partial charge in [-0.3, -0.25) is 0 Å². The summed E-state index contributed by atoms with van der Waals surface area (Å²) in [7, 11) is -3.30. The lowest BCUT2D eigenvalue weighted by Crippen LogP contribution is -2.43. The zero-order valence-corrected chi connectivity index (χ0v) is 14.2. The van der Waals surface area contributed by atoms with E-state index < -0.39 is 10.0 Å². The molecule has 2 rings (SSSR count). The lowest BCUT2D eigenvalue weighted by atomic mass is 9.94. The van der Waals surface area contributed by atoms with E-state index in [9.17, 15) is 8.42 Å². The minimum absolute atomic E-state index is 0.109. The molecule has 2 aliphatic heterocycles. The molecule has 21 heavy (non-hydrogen) atoms. The first kappa shape index (κ1) is 17.2. The van der Waals surface area contributed by atoms with Crippen LogP contribution in [0.2, 0.25) is 0 Å². The standard InChI is InChI=1S/C15H31N3O2S/c1-14-5-9-18(10-6-14)13-15-4-2-7-17(12-15)8-3-11-21(16,19)20/h14-15H,2-13H2,1H3,(H2,16,19,20)/t15-/m1/s1. The van der Waals surface area contributed by atoms with Crippen LogP contribution in [0.3, 0.4) is 0 Å². The van der Waals surface area contributed by atoms with Crippen LogP contribution in [0, 0.1) is 11.8 Å². The lowest BCUT2D eigenvalue weighted by molar-refractivity contribution is 0.112. The fourth-order valence-corrected chi connectivity index (χ4v) is 4.13. The maximum Gasteiger partial charge on any atom is 0.209 e.